The summed E-state index contributed by atoms with van der Waals surface area (Å²) in [6, 6.07) is 3.44. The lowest BCUT2D eigenvalue weighted by molar-refractivity contribution is 0.0525. The van der Waals surface area contributed by atoms with Crippen LogP contribution in [0, 0.1) is 6.92 Å². The van der Waals surface area contributed by atoms with Crippen LogP contribution in [0.4, 0.5) is 0 Å². The average Bonchev–Trinajstić information content (AvgIpc) is 2.15. The van der Waals surface area contributed by atoms with E-state index in [1.807, 2.05) is 0 Å². The van der Waals surface area contributed by atoms with Crippen LogP contribution in [-0.4, -0.2) is 12.6 Å². The third-order valence-electron chi connectivity index (χ3n) is 1.83. The molecule has 0 aliphatic heterocycles. The van der Waals surface area contributed by atoms with Gasteiger partial charge in [-0.05, 0) is 47.5 Å². The molecule has 0 aliphatic rings. The van der Waals surface area contributed by atoms with Gasteiger partial charge in [-0.25, -0.2) is 4.79 Å². The zero-order chi connectivity index (χ0) is 10.7. The van der Waals surface area contributed by atoms with Crippen molar-refractivity contribution in [3.63, 3.8) is 0 Å². The predicted molar refractivity (Wildman–Crippen MR) is 59.8 cm³/mol. The fourth-order valence-corrected chi connectivity index (χ4v) is 1.68. The van der Waals surface area contributed by atoms with Crippen LogP contribution in [0.25, 0.3) is 0 Å². The highest BCUT2D eigenvalue weighted by atomic mass is 79.9. The molecular formula is C10H10BrClO2. The monoisotopic (exact) mass is 276 g/mol. The maximum atomic E-state index is 11.4. The largest absolute Gasteiger partial charge is 0.462 e. The molecule has 0 spiro atoms. The molecule has 0 atom stereocenters. The van der Waals surface area contributed by atoms with Crippen LogP contribution in [0.5, 0.6) is 0 Å². The molecule has 1 aromatic carbocycles. The first-order valence-corrected chi connectivity index (χ1v) is 5.36. The van der Waals surface area contributed by atoms with E-state index in [-0.39, 0.29) is 5.97 Å². The fraction of sp³-hybridized carbons (Fsp3) is 0.300. The predicted octanol–water partition coefficient (Wildman–Crippen LogP) is 3.59. The van der Waals surface area contributed by atoms with Crippen molar-refractivity contribution >= 4 is 33.5 Å². The molecule has 0 heterocycles. The molecule has 0 aromatic heterocycles. The molecule has 14 heavy (non-hydrogen) atoms. The Balaban J connectivity index is 3.11. The molecule has 0 N–H and O–H groups in total. The summed E-state index contributed by atoms with van der Waals surface area (Å²) in [5.74, 6) is -0.334. The van der Waals surface area contributed by atoms with E-state index in [1.165, 1.54) is 0 Å². The first-order valence-electron chi connectivity index (χ1n) is 4.19. The Morgan fingerprint density at radius 1 is 1.57 bits per heavy atom. The van der Waals surface area contributed by atoms with Crippen molar-refractivity contribution in [1.29, 1.82) is 0 Å². The average molecular weight is 278 g/mol. The fourth-order valence-electron chi connectivity index (χ4n) is 1.08. The lowest BCUT2D eigenvalue weighted by Gasteiger charge is -2.07. The molecule has 1 aromatic rings. The van der Waals surface area contributed by atoms with E-state index in [0.717, 1.165) is 10.0 Å². The number of carbonyl (C=O) groups is 1. The highest BCUT2D eigenvalue weighted by Crippen LogP contribution is 2.28. The van der Waals surface area contributed by atoms with Crippen LogP contribution < -0.4 is 0 Å². The van der Waals surface area contributed by atoms with Crippen LogP contribution in [-0.2, 0) is 4.74 Å². The summed E-state index contributed by atoms with van der Waals surface area (Å²) in [4.78, 5) is 11.4. The number of hydrogen-bond acceptors (Lipinski definition) is 2. The molecule has 0 radical (unpaired) electrons. The second kappa shape index (κ2) is 4.80. The Morgan fingerprint density at radius 3 is 2.79 bits per heavy atom. The molecule has 0 aliphatic carbocycles. The third kappa shape index (κ3) is 2.28. The second-order valence-corrected chi connectivity index (χ2v) is 3.99. The van der Waals surface area contributed by atoms with Gasteiger partial charge in [-0.1, -0.05) is 11.6 Å². The van der Waals surface area contributed by atoms with E-state index in [2.05, 4.69) is 15.9 Å². The lowest BCUT2D eigenvalue weighted by atomic mass is 10.1. The molecule has 0 saturated carbocycles. The normalized spacial score (nSPS) is 10.0. The molecule has 0 bridgehead atoms. The molecule has 4 heteroatoms. The summed E-state index contributed by atoms with van der Waals surface area (Å²) >= 11 is 9.26. The highest BCUT2D eigenvalue weighted by molar-refractivity contribution is 9.10. The number of halogens is 2. The summed E-state index contributed by atoms with van der Waals surface area (Å²) in [6.45, 7) is 3.93. The van der Waals surface area contributed by atoms with Crippen LogP contribution in [0.2, 0.25) is 5.02 Å². The van der Waals surface area contributed by atoms with Crippen molar-refractivity contribution in [3.8, 4) is 0 Å². The van der Waals surface area contributed by atoms with Gasteiger partial charge in [0.05, 0.1) is 17.2 Å². The minimum atomic E-state index is -0.334. The van der Waals surface area contributed by atoms with Crippen LogP contribution in [0.1, 0.15) is 22.8 Å². The molecule has 2 nitrogen and oxygen atoms in total. The molecule has 76 valence electrons. The molecule has 1 rings (SSSR count). The highest BCUT2D eigenvalue weighted by Gasteiger charge is 2.13. The molecule has 0 unspecified atom stereocenters. The number of ether oxygens (including phenoxy) is 1. The van der Waals surface area contributed by atoms with Gasteiger partial charge in [-0.15, -0.1) is 0 Å². The van der Waals surface area contributed by atoms with Gasteiger partial charge >= 0.3 is 5.97 Å². The van der Waals surface area contributed by atoms with E-state index >= 15 is 0 Å². The standard InChI is InChI=1S/C10H10BrClO2/c1-3-14-10(13)7-4-5-8(11)9(12)6(7)2/h4-5H,3H2,1-2H3. The zero-order valence-corrected chi connectivity index (χ0v) is 10.3. The van der Waals surface area contributed by atoms with E-state index in [1.54, 1.807) is 26.0 Å². The topological polar surface area (TPSA) is 26.3 Å². The molecule has 0 fully saturated rings. The number of hydrogen-bond donors (Lipinski definition) is 0. The minimum Gasteiger partial charge on any atom is -0.462 e. The van der Waals surface area contributed by atoms with Crippen LogP contribution >= 0.6 is 27.5 Å². The quantitative estimate of drug-likeness (QED) is 0.772. The summed E-state index contributed by atoms with van der Waals surface area (Å²) in [6.07, 6.45) is 0. The van der Waals surface area contributed by atoms with Gasteiger partial charge in [0.25, 0.3) is 0 Å². The van der Waals surface area contributed by atoms with Crippen molar-refractivity contribution in [3.05, 3.63) is 32.8 Å². The SMILES string of the molecule is CCOC(=O)c1ccc(Br)c(Cl)c1C. The number of rotatable bonds is 2. The number of esters is 1. The maximum absolute atomic E-state index is 11.4. The molecular weight excluding hydrogens is 267 g/mol. The van der Waals surface area contributed by atoms with Gasteiger partial charge in [0.1, 0.15) is 0 Å². The van der Waals surface area contributed by atoms with Crippen molar-refractivity contribution in [2.75, 3.05) is 6.61 Å². The number of carbonyl (C=O) groups excluding carboxylic acids is 1. The molecule has 0 amide bonds. The van der Waals surface area contributed by atoms with Crippen molar-refractivity contribution in [2.45, 2.75) is 13.8 Å². The Kier molecular flexibility index (Phi) is 3.96. The summed E-state index contributed by atoms with van der Waals surface area (Å²) in [5, 5.41) is 0.551. The van der Waals surface area contributed by atoms with Crippen LogP contribution in [0.15, 0.2) is 16.6 Å². The van der Waals surface area contributed by atoms with Gasteiger partial charge in [0.15, 0.2) is 0 Å². The zero-order valence-electron chi connectivity index (χ0n) is 7.93. The van der Waals surface area contributed by atoms with Gasteiger partial charge in [0, 0.05) is 4.47 Å². The van der Waals surface area contributed by atoms with Crippen molar-refractivity contribution in [2.24, 2.45) is 0 Å². The molecule has 0 saturated heterocycles. The first kappa shape index (κ1) is 11.5. The Labute approximate surface area is 96.3 Å². The minimum absolute atomic E-state index is 0.334. The first-order chi connectivity index (χ1) is 6.57. The van der Waals surface area contributed by atoms with Gasteiger partial charge < -0.3 is 4.74 Å². The van der Waals surface area contributed by atoms with E-state index in [9.17, 15) is 4.79 Å². The Bertz CT molecular complexity index is 363. The lowest BCUT2D eigenvalue weighted by Crippen LogP contribution is -2.06. The second-order valence-electron chi connectivity index (χ2n) is 2.75. The summed E-state index contributed by atoms with van der Waals surface area (Å²) in [7, 11) is 0. The van der Waals surface area contributed by atoms with Gasteiger partial charge in [-0.2, -0.15) is 0 Å². The maximum Gasteiger partial charge on any atom is 0.338 e. The van der Waals surface area contributed by atoms with E-state index in [4.69, 9.17) is 16.3 Å². The third-order valence-corrected chi connectivity index (χ3v) is 3.21. The number of benzene rings is 1. The Hall–Kier alpha value is -0.540. The van der Waals surface area contributed by atoms with Crippen molar-refractivity contribution < 1.29 is 9.53 Å². The van der Waals surface area contributed by atoms with Gasteiger partial charge in [0.2, 0.25) is 0 Å². The van der Waals surface area contributed by atoms with Crippen LogP contribution in [0.3, 0.4) is 0 Å². The smallest absolute Gasteiger partial charge is 0.338 e. The van der Waals surface area contributed by atoms with Gasteiger partial charge in [-0.3, -0.25) is 0 Å². The summed E-state index contributed by atoms with van der Waals surface area (Å²) in [5.41, 5.74) is 1.25. The van der Waals surface area contributed by atoms with Crippen molar-refractivity contribution in [1.82, 2.24) is 0 Å². The van der Waals surface area contributed by atoms with E-state index < -0.39 is 0 Å². The Morgan fingerprint density at radius 2 is 2.21 bits per heavy atom. The summed E-state index contributed by atoms with van der Waals surface area (Å²) < 4.78 is 5.67. The van der Waals surface area contributed by atoms with E-state index in [0.29, 0.717) is 17.2 Å².